The van der Waals surface area contributed by atoms with Gasteiger partial charge in [-0.3, -0.25) is 4.79 Å². The molecule has 0 saturated carbocycles. The lowest BCUT2D eigenvalue weighted by molar-refractivity contribution is -0.147. The van der Waals surface area contributed by atoms with Crippen molar-refractivity contribution in [2.75, 3.05) is 6.61 Å². The van der Waals surface area contributed by atoms with Crippen molar-refractivity contribution >= 4 is 12.2 Å². The molecule has 4 nitrogen and oxygen atoms in total. The van der Waals surface area contributed by atoms with E-state index >= 15 is 0 Å². The Bertz CT molecular complexity index is 145. The Hall–Kier alpha value is -1.06. The Balaban J connectivity index is 3.63. The molecule has 0 aromatic heterocycles. The lowest BCUT2D eigenvalue weighted by Crippen LogP contribution is -2.14. The SMILES string of the molecule is CCOC(=O)[C@H](C)C/C=N/O. The fourth-order valence-electron chi connectivity index (χ4n) is 0.586. The van der Waals surface area contributed by atoms with E-state index in [1.807, 2.05) is 0 Å². The Labute approximate surface area is 65.8 Å². The van der Waals surface area contributed by atoms with E-state index in [-0.39, 0.29) is 11.9 Å². The lowest BCUT2D eigenvalue weighted by atomic mass is 10.1. The van der Waals surface area contributed by atoms with Crippen LogP contribution in [0.2, 0.25) is 0 Å². The van der Waals surface area contributed by atoms with Crippen LogP contribution in [0, 0.1) is 5.92 Å². The topological polar surface area (TPSA) is 58.9 Å². The molecule has 0 aliphatic heterocycles. The summed E-state index contributed by atoms with van der Waals surface area (Å²) in [6.45, 7) is 3.86. The molecule has 11 heavy (non-hydrogen) atoms. The second-order valence-electron chi connectivity index (χ2n) is 2.19. The van der Waals surface area contributed by atoms with E-state index in [2.05, 4.69) is 5.16 Å². The molecule has 4 heteroatoms. The minimum absolute atomic E-state index is 0.231. The molecular formula is C7H13NO3. The molecule has 0 saturated heterocycles. The van der Waals surface area contributed by atoms with Crippen LogP contribution in [0.4, 0.5) is 0 Å². The molecule has 0 rings (SSSR count). The number of carbonyl (C=O) groups is 1. The summed E-state index contributed by atoms with van der Waals surface area (Å²) in [6, 6.07) is 0. The van der Waals surface area contributed by atoms with Gasteiger partial charge in [-0.15, -0.1) is 5.16 Å². The molecule has 0 radical (unpaired) electrons. The quantitative estimate of drug-likeness (QED) is 0.288. The van der Waals surface area contributed by atoms with Gasteiger partial charge in [0.05, 0.1) is 12.5 Å². The minimum atomic E-state index is -0.257. The molecule has 64 valence electrons. The molecule has 0 aromatic rings. The largest absolute Gasteiger partial charge is 0.466 e. The van der Waals surface area contributed by atoms with Gasteiger partial charge in [-0.25, -0.2) is 0 Å². The van der Waals surface area contributed by atoms with Gasteiger partial charge in [0.1, 0.15) is 0 Å². The van der Waals surface area contributed by atoms with E-state index < -0.39 is 0 Å². The van der Waals surface area contributed by atoms with Gasteiger partial charge in [-0.1, -0.05) is 6.92 Å². The van der Waals surface area contributed by atoms with Crippen LogP contribution in [0.15, 0.2) is 5.16 Å². The number of oxime groups is 1. The molecule has 0 aliphatic carbocycles. The number of rotatable bonds is 4. The van der Waals surface area contributed by atoms with Crippen LogP contribution in [0.3, 0.4) is 0 Å². The van der Waals surface area contributed by atoms with E-state index in [1.54, 1.807) is 13.8 Å². The van der Waals surface area contributed by atoms with Gasteiger partial charge in [0.25, 0.3) is 0 Å². The average molecular weight is 159 g/mol. The first-order chi connectivity index (χ1) is 5.22. The zero-order valence-electron chi connectivity index (χ0n) is 6.78. The van der Waals surface area contributed by atoms with Crippen LogP contribution in [0.5, 0.6) is 0 Å². The second kappa shape index (κ2) is 5.70. The highest BCUT2D eigenvalue weighted by Gasteiger charge is 2.11. The van der Waals surface area contributed by atoms with Crippen LogP contribution in [0.1, 0.15) is 20.3 Å². The molecule has 0 bridgehead atoms. The van der Waals surface area contributed by atoms with E-state index in [4.69, 9.17) is 9.94 Å². The smallest absolute Gasteiger partial charge is 0.309 e. The third kappa shape index (κ3) is 4.36. The van der Waals surface area contributed by atoms with Crippen LogP contribution >= 0.6 is 0 Å². The summed E-state index contributed by atoms with van der Waals surface area (Å²) in [5, 5.41) is 10.8. The Morgan fingerprint density at radius 3 is 2.91 bits per heavy atom. The van der Waals surface area contributed by atoms with Crippen molar-refractivity contribution in [3.63, 3.8) is 0 Å². The van der Waals surface area contributed by atoms with Crippen molar-refractivity contribution in [1.82, 2.24) is 0 Å². The molecule has 0 spiro atoms. The third-order valence-corrected chi connectivity index (χ3v) is 1.23. The van der Waals surface area contributed by atoms with E-state index in [1.165, 1.54) is 6.21 Å². The van der Waals surface area contributed by atoms with Crippen LogP contribution < -0.4 is 0 Å². The van der Waals surface area contributed by atoms with Gasteiger partial charge in [-0.2, -0.15) is 0 Å². The first-order valence-corrected chi connectivity index (χ1v) is 3.54. The fourth-order valence-corrected chi connectivity index (χ4v) is 0.586. The number of ether oxygens (including phenoxy) is 1. The summed E-state index contributed by atoms with van der Waals surface area (Å²) in [5.41, 5.74) is 0. The van der Waals surface area contributed by atoms with Crippen molar-refractivity contribution in [1.29, 1.82) is 0 Å². The van der Waals surface area contributed by atoms with Crippen molar-refractivity contribution in [3.05, 3.63) is 0 Å². The number of hydrogen-bond acceptors (Lipinski definition) is 4. The summed E-state index contributed by atoms with van der Waals surface area (Å²) < 4.78 is 4.72. The van der Waals surface area contributed by atoms with Crippen LogP contribution in [-0.2, 0) is 9.53 Å². The van der Waals surface area contributed by atoms with Crippen molar-refractivity contribution in [2.45, 2.75) is 20.3 Å². The lowest BCUT2D eigenvalue weighted by Gasteiger charge is -2.05. The summed E-state index contributed by atoms with van der Waals surface area (Å²) in [7, 11) is 0. The summed E-state index contributed by atoms with van der Waals surface area (Å²) >= 11 is 0. The highest BCUT2D eigenvalue weighted by Crippen LogP contribution is 2.01. The summed E-state index contributed by atoms with van der Waals surface area (Å²) in [5.74, 6) is -0.488. The first-order valence-electron chi connectivity index (χ1n) is 3.54. The molecule has 1 N–H and O–H groups in total. The monoisotopic (exact) mass is 159 g/mol. The van der Waals surface area contributed by atoms with Gasteiger partial charge in [-0.05, 0) is 13.3 Å². The van der Waals surface area contributed by atoms with Crippen molar-refractivity contribution in [3.8, 4) is 0 Å². The van der Waals surface area contributed by atoms with E-state index in [9.17, 15) is 4.79 Å². The zero-order valence-corrected chi connectivity index (χ0v) is 6.78. The van der Waals surface area contributed by atoms with Gasteiger partial charge >= 0.3 is 5.97 Å². The minimum Gasteiger partial charge on any atom is -0.466 e. The van der Waals surface area contributed by atoms with E-state index in [0.29, 0.717) is 13.0 Å². The maximum atomic E-state index is 10.9. The molecule has 1 atom stereocenters. The predicted octanol–water partition coefficient (Wildman–Crippen LogP) is 1.04. The number of nitrogens with zero attached hydrogens (tertiary/aromatic N) is 1. The van der Waals surface area contributed by atoms with Crippen molar-refractivity contribution in [2.24, 2.45) is 11.1 Å². The molecule has 0 aromatic carbocycles. The molecule has 0 aliphatic rings. The van der Waals surface area contributed by atoms with Gasteiger partial charge in [0, 0.05) is 6.21 Å². The predicted molar refractivity (Wildman–Crippen MR) is 40.7 cm³/mol. The van der Waals surface area contributed by atoms with E-state index in [0.717, 1.165) is 0 Å². The molecule has 0 heterocycles. The zero-order chi connectivity index (χ0) is 8.69. The maximum Gasteiger partial charge on any atom is 0.309 e. The first kappa shape index (κ1) is 9.94. The van der Waals surface area contributed by atoms with Crippen molar-refractivity contribution < 1.29 is 14.7 Å². The summed E-state index contributed by atoms with van der Waals surface area (Å²) in [4.78, 5) is 10.9. The Morgan fingerprint density at radius 1 is 1.82 bits per heavy atom. The molecule has 0 amide bonds. The fraction of sp³-hybridized carbons (Fsp3) is 0.714. The number of carbonyl (C=O) groups excluding carboxylic acids is 1. The molecular weight excluding hydrogens is 146 g/mol. The Morgan fingerprint density at radius 2 is 2.45 bits per heavy atom. The second-order valence-corrected chi connectivity index (χ2v) is 2.19. The van der Waals surface area contributed by atoms with Gasteiger partial charge in [0.15, 0.2) is 0 Å². The Kier molecular flexibility index (Phi) is 5.15. The molecule has 0 unspecified atom stereocenters. The highest BCUT2D eigenvalue weighted by molar-refractivity contribution is 5.75. The number of hydrogen-bond donors (Lipinski definition) is 1. The third-order valence-electron chi connectivity index (χ3n) is 1.23. The highest BCUT2D eigenvalue weighted by atomic mass is 16.5. The number of esters is 1. The molecule has 0 fully saturated rings. The van der Waals surface area contributed by atoms with Crippen LogP contribution in [0.25, 0.3) is 0 Å². The summed E-state index contributed by atoms with van der Waals surface area (Å²) in [6.07, 6.45) is 1.69. The van der Waals surface area contributed by atoms with Gasteiger partial charge in [0.2, 0.25) is 0 Å². The standard InChI is InChI=1S/C7H13NO3/c1-3-11-7(9)6(2)4-5-8-10/h5-6,10H,3-4H2,1-2H3/b8-5+/t6-/m1/s1. The van der Waals surface area contributed by atoms with Gasteiger partial charge < -0.3 is 9.94 Å². The normalized spacial score (nSPS) is 13.3. The van der Waals surface area contributed by atoms with Crippen LogP contribution in [-0.4, -0.2) is 24.0 Å². The maximum absolute atomic E-state index is 10.9. The average Bonchev–Trinajstić information content (AvgIpc) is 2.00.